The highest BCUT2D eigenvalue weighted by molar-refractivity contribution is 7.99. The average Bonchev–Trinajstić information content (AvgIpc) is 2.59. The third kappa shape index (κ3) is 3.77. The van der Waals surface area contributed by atoms with Gasteiger partial charge in [-0.2, -0.15) is 11.8 Å². The topological polar surface area (TPSA) is 41.5 Å². The fourth-order valence-electron chi connectivity index (χ4n) is 1.62. The third-order valence-electron chi connectivity index (χ3n) is 2.73. The maximum atomic E-state index is 8.97. The molecular formula is C10H21NO2S. The fraction of sp³-hybridized carbons (Fsp3) is 1.00. The molecule has 14 heavy (non-hydrogen) atoms. The Labute approximate surface area is 90.6 Å². The van der Waals surface area contributed by atoms with Crippen LogP contribution in [0.3, 0.4) is 0 Å². The first-order valence-electron chi connectivity index (χ1n) is 5.29. The van der Waals surface area contributed by atoms with E-state index in [1.165, 1.54) is 6.42 Å². The lowest BCUT2D eigenvalue weighted by Gasteiger charge is -2.16. The molecule has 1 heterocycles. The highest BCUT2D eigenvalue weighted by Crippen LogP contribution is 2.26. The van der Waals surface area contributed by atoms with Gasteiger partial charge in [0.2, 0.25) is 0 Å². The van der Waals surface area contributed by atoms with E-state index in [9.17, 15) is 0 Å². The van der Waals surface area contributed by atoms with Gasteiger partial charge in [0, 0.05) is 17.9 Å². The van der Waals surface area contributed by atoms with Gasteiger partial charge in [-0.05, 0) is 32.6 Å². The Balaban J connectivity index is 2.08. The van der Waals surface area contributed by atoms with Gasteiger partial charge in [-0.15, -0.1) is 0 Å². The predicted octanol–water partition coefficient (Wildman–Crippen LogP) is 0.867. The molecule has 3 unspecified atom stereocenters. The minimum Gasteiger partial charge on any atom is -0.395 e. The van der Waals surface area contributed by atoms with Gasteiger partial charge < -0.3 is 15.2 Å². The summed E-state index contributed by atoms with van der Waals surface area (Å²) in [5.41, 5.74) is 0. The fourth-order valence-corrected chi connectivity index (χ4v) is 2.96. The van der Waals surface area contributed by atoms with Crippen LogP contribution in [0.2, 0.25) is 0 Å². The van der Waals surface area contributed by atoms with Gasteiger partial charge in [0.15, 0.2) is 0 Å². The first-order valence-corrected chi connectivity index (χ1v) is 6.34. The van der Waals surface area contributed by atoms with Crippen molar-refractivity contribution in [2.45, 2.75) is 37.2 Å². The van der Waals surface area contributed by atoms with Crippen molar-refractivity contribution < 1.29 is 9.84 Å². The smallest absolute Gasteiger partial charge is 0.0666 e. The summed E-state index contributed by atoms with van der Waals surface area (Å²) in [7, 11) is 1.90. The number of hydrogen-bond donors (Lipinski definition) is 2. The van der Waals surface area contributed by atoms with Crippen LogP contribution in [0.15, 0.2) is 0 Å². The molecule has 3 atom stereocenters. The Morgan fingerprint density at radius 1 is 1.64 bits per heavy atom. The molecule has 0 spiro atoms. The zero-order chi connectivity index (χ0) is 10.4. The molecule has 1 aliphatic heterocycles. The molecule has 2 N–H and O–H groups in total. The Hall–Kier alpha value is 0.230. The van der Waals surface area contributed by atoms with Gasteiger partial charge in [0.05, 0.1) is 12.7 Å². The number of hydrogen-bond acceptors (Lipinski definition) is 4. The summed E-state index contributed by atoms with van der Waals surface area (Å²) in [5, 5.41) is 12.7. The highest BCUT2D eigenvalue weighted by Gasteiger charge is 2.24. The van der Waals surface area contributed by atoms with Gasteiger partial charge in [0.1, 0.15) is 0 Å². The van der Waals surface area contributed by atoms with Crippen LogP contribution in [0.4, 0.5) is 0 Å². The highest BCUT2D eigenvalue weighted by atomic mass is 32.2. The summed E-state index contributed by atoms with van der Waals surface area (Å²) in [6, 6.07) is 0.250. The molecule has 1 aliphatic rings. The van der Waals surface area contributed by atoms with E-state index in [0.29, 0.717) is 11.4 Å². The summed E-state index contributed by atoms with van der Waals surface area (Å²) >= 11 is 1.98. The van der Waals surface area contributed by atoms with Crippen molar-refractivity contribution in [3.8, 4) is 0 Å². The Kier molecular flexibility index (Phi) is 5.86. The van der Waals surface area contributed by atoms with Crippen LogP contribution < -0.4 is 5.32 Å². The molecule has 1 rings (SSSR count). The molecule has 4 heteroatoms. The van der Waals surface area contributed by atoms with Crippen LogP contribution in [-0.4, -0.2) is 48.5 Å². The minimum absolute atomic E-state index is 0.230. The van der Waals surface area contributed by atoms with Crippen molar-refractivity contribution in [1.82, 2.24) is 5.32 Å². The second-order valence-corrected chi connectivity index (χ2v) is 5.08. The van der Waals surface area contributed by atoms with Crippen molar-refractivity contribution in [2.24, 2.45) is 0 Å². The third-order valence-corrected chi connectivity index (χ3v) is 4.25. The molecule has 0 aromatic carbocycles. The molecule has 0 radical (unpaired) electrons. The van der Waals surface area contributed by atoms with Crippen molar-refractivity contribution in [3.63, 3.8) is 0 Å². The largest absolute Gasteiger partial charge is 0.395 e. The summed E-state index contributed by atoms with van der Waals surface area (Å²) in [6.07, 6.45) is 2.61. The standard InChI is InChI=1S/C10H21NO2S/c1-8-10(3-5-13-8)14-6-4-9(7-12)11-2/h8-12H,3-7H2,1-2H3. The lowest BCUT2D eigenvalue weighted by molar-refractivity contribution is 0.127. The van der Waals surface area contributed by atoms with Crippen LogP contribution in [-0.2, 0) is 4.74 Å². The summed E-state index contributed by atoms with van der Waals surface area (Å²) in [5.74, 6) is 1.10. The van der Waals surface area contributed by atoms with E-state index in [1.807, 2.05) is 18.8 Å². The lowest BCUT2D eigenvalue weighted by Crippen LogP contribution is -2.29. The summed E-state index contributed by atoms with van der Waals surface area (Å²) in [4.78, 5) is 0. The number of aliphatic hydroxyl groups excluding tert-OH is 1. The maximum absolute atomic E-state index is 8.97. The number of aliphatic hydroxyl groups is 1. The predicted molar refractivity (Wildman–Crippen MR) is 60.8 cm³/mol. The van der Waals surface area contributed by atoms with Crippen LogP contribution in [0.1, 0.15) is 19.8 Å². The molecule has 0 amide bonds. The van der Waals surface area contributed by atoms with E-state index in [2.05, 4.69) is 12.2 Å². The first kappa shape index (κ1) is 12.3. The molecule has 0 bridgehead atoms. The molecular weight excluding hydrogens is 198 g/mol. The van der Waals surface area contributed by atoms with Crippen LogP contribution in [0, 0.1) is 0 Å². The Morgan fingerprint density at radius 3 is 2.93 bits per heavy atom. The van der Waals surface area contributed by atoms with Gasteiger partial charge >= 0.3 is 0 Å². The molecule has 0 aromatic rings. The number of nitrogens with one attached hydrogen (secondary N) is 1. The van der Waals surface area contributed by atoms with Crippen molar-refractivity contribution in [3.05, 3.63) is 0 Å². The summed E-state index contributed by atoms with van der Waals surface area (Å²) in [6.45, 7) is 3.29. The normalized spacial score (nSPS) is 29.4. The zero-order valence-corrected chi connectivity index (χ0v) is 9.85. The second kappa shape index (κ2) is 6.67. The van der Waals surface area contributed by atoms with Gasteiger partial charge in [-0.3, -0.25) is 0 Å². The Bertz CT molecular complexity index is 153. The Morgan fingerprint density at radius 2 is 2.43 bits per heavy atom. The monoisotopic (exact) mass is 219 g/mol. The summed E-state index contributed by atoms with van der Waals surface area (Å²) < 4.78 is 5.49. The lowest BCUT2D eigenvalue weighted by atomic mass is 10.2. The number of likely N-dealkylation sites (N-methyl/N-ethyl adjacent to an activating group) is 1. The van der Waals surface area contributed by atoms with E-state index in [-0.39, 0.29) is 12.6 Å². The molecule has 84 valence electrons. The minimum atomic E-state index is 0.230. The number of rotatable bonds is 6. The second-order valence-electron chi connectivity index (χ2n) is 3.73. The zero-order valence-electron chi connectivity index (χ0n) is 9.03. The quantitative estimate of drug-likeness (QED) is 0.695. The van der Waals surface area contributed by atoms with E-state index >= 15 is 0 Å². The number of ether oxygens (including phenoxy) is 1. The maximum Gasteiger partial charge on any atom is 0.0666 e. The van der Waals surface area contributed by atoms with Crippen molar-refractivity contribution >= 4 is 11.8 Å². The van der Waals surface area contributed by atoms with E-state index in [0.717, 1.165) is 18.8 Å². The first-order chi connectivity index (χ1) is 6.77. The van der Waals surface area contributed by atoms with Gasteiger partial charge in [-0.1, -0.05) is 0 Å². The van der Waals surface area contributed by atoms with E-state index in [4.69, 9.17) is 9.84 Å². The molecule has 1 fully saturated rings. The molecule has 3 nitrogen and oxygen atoms in total. The van der Waals surface area contributed by atoms with Crippen LogP contribution >= 0.6 is 11.8 Å². The molecule has 1 saturated heterocycles. The van der Waals surface area contributed by atoms with E-state index in [1.54, 1.807) is 0 Å². The van der Waals surface area contributed by atoms with Gasteiger partial charge in [-0.25, -0.2) is 0 Å². The van der Waals surface area contributed by atoms with Crippen molar-refractivity contribution in [2.75, 3.05) is 26.0 Å². The van der Waals surface area contributed by atoms with Gasteiger partial charge in [0.25, 0.3) is 0 Å². The molecule has 0 aromatic heterocycles. The average molecular weight is 219 g/mol. The molecule has 0 saturated carbocycles. The van der Waals surface area contributed by atoms with E-state index < -0.39 is 0 Å². The van der Waals surface area contributed by atoms with Crippen molar-refractivity contribution in [1.29, 1.82) is 0 Å². The van der Waals surface area contributed by atoms with Crippen LogP contribution in [0.5, 0.6) is 0 Å². The SMILES string of the molecule is CNC(CO)CCSC1CCOC1C. The number of thioether (sulfide) groups is 1. The molecule has 0 aliphatic carbocycles. The van der Waals surface area contributed by atoms with Crippen LogP contribution in [0.25, 0.3) is 0 Å².